The summed E-state index contributed by atoms with van der Waals surface area (Å²) in [7, 11) is -3.39. The summed E-state index contributed by atoms with van der Waals surface area (Å²) in [6.45, 7) is 5.09. The summed E-state index contributed by atoms with van der Waals surface area (Å²) in [6, 6.07) is 1.23. The first-order valence-corrected chi connectivity index (χ1v) is 6.59. The Morgan fingerprint density at radius 2 is 1.62 bits per heavy atom. The standard InChI is InChI=1S/C11H14O4S/c1-6-7(2)9(11(12)13)5-10(8(6)3)16(4,14)15/h5H,1-4H3,(H,12,13). The molecule has 0 aliphatic heterocycles. The summed E-state index contributed by atoms with van der Waals surface area (Å²) in [6.07, 6.45) is 1.08. The Bertz CT molecular complexity index is 556. The van der Waals surface area contributed by atoms with Crippen molar-refractivity contribution in [2.24, 2.45) is 0 Å². The SMILES string of the molecule is Cc1c(C(=O)O)cc(S(C)(=O)=O)c(C)c1C. The molecule has 0 aromatic heterocycles. The number of carboxylic acids is 1. The molecular formula is C11H14O4S. The smallest absolute Gasteiger partial charge is 0.336 e. The number of hydrogen-bond acceptors (Lipinski definition) is 3. The van der Waals surface area contributed by atoms with Gasteiger partial charge in [0.05, 0.1) is 10.5 Å². The second-order valence-electron chi connectivity index (χ2n) is 3.87. The second kappa shape index (κ2) is 3.90. The zero-order chi connectivity index (χ0) is 12.7. The Morgan fingerprint density at radius 3 is 2.00 bits per heavy atom. The fraction of sp³-hybridized carbons (Fsp3) is 0.364. The first-order chi connectivity index (χ1) is 7.16. The van der Waals surface area contributed by atoms with Gasteiger partial charge in [-0.05, 0) is 43.5 Å². The number of sulfone groups is 1. The van der Waals surface area contributed by atoms with E-state index >= 15 is 0 Å². The molecule has 0 heterocycles. The van der Waals surface area contributed by atoms with Gasteiger partial charge in [-0.1, -0.05) is 0 Å². The van der Waals surface area contributed by atoms with Crippen LogP contribution in [0.1, 0.15) is 27.0 Å². The van der Waals surface area contributed by atoms with E-state index in [0.717, 1.165) is 6.26 Å². The summed E-state index contributed by atoms with van der Waals surface area (Å²) in [5.74, 6) is -1.11. The molecule has 0 fully saturated rings. The summed E-state index contributed by atoms with van der Waals surface area (Å²) >= 11 is 0. The molecule has 0 saturated heterocycles. The lowest BCUT2D eigenvalue weighted by atomic mass is 9.99. The average molecular weight is 242 g/mol. The molecule has 0 amide bonds. The fourth-order valence-corrected chi connectivity index (χ4v) is 2.66. The van der Waals surface area contributed by atoms with E-state index in [9.17, 15) is 13.2 Å². The average Bonchev–Trinajstić information content (AvgIpc) is 2.11. The maximum atomic E-state index is 11.5. The highest BCUT2D eigenvalue weighted by molar-refractivity contribution is 7.90. The van der Waals surface area contributed by atoms with Crippen LogP contribution in [-0.2, 0) is 9.84 Å². The third-order valence-electron chi connectivity index (χ3n) is 2.80. The fourth-order valence-electron chi connectivity index (χ4n) is 1.62. The predicted octanol–water partition coefficient (Wildman–Crippen LogP) is 1.71. The van der Waals surface area contributed by atoms with Gasteiger partial charge in [-0.2, -0.15) is 0 Å². The third-order valence-corrected chi connectivity index (χ3v) is 4.03. The van der Waals surface area contributed by atoms with E-state index in [1.54, 1.807) is 20.8 Å². The van der Waals surface area contributed by atoms with E-state index in [4.69, 9.17) is 5.11 Å². The van der Waals surface area contributed by atoms with Crippen LogP contribution >= 0.6 is 0 Å². The second-order valence-corrected chi connectivity index (χ2v) is 5.86. The molecule has 0 unspecified atom stereocenters. The van der Waals surface area contributed by atoms with Gasteiger partial charge < -0.3 is 5.11 Å². The summed E-state index contributed by atoms with van der Waals surface area (Å²) in [5.41, 5.74) is 1.98. The van der Waals surface area contributed by atoms with E-state index in [1.807, 2.05) is 0 Å². The van der Waals surface area contributed by atoms with Crippen molar-refractivity contribution in [1.29, 1.82) is 0 Å². The van der Waals surface area contributed by atoms with Gasteiger partial charge in [0.25, 0.3) is 0 Å². The Kier molecular flexibility index (Phi) is 3.10. The molecule has 0 aliphatic rings. The quantitative estimate of drug-likeness (QED) is 0.857. The Balaban J connectivity index is 3.74. The highest BCUT2D eigenvalue weighted by atomic mass is 32.2. The molecule has 0 saturated carbocycles. The Labute approximate surface area is 94.8 Å². The largest absolute Gasteiger partial charge is 0.478 e. The maximum absolute atomic E-state index is 11.5. The molecule has 1 aromatic carbocycles. The molecule has 4 nitrogen and oxygen atoms in total. The van der Waals surface area contributed by atoms with Crippen LogP contribution in [0.2, 0.25) is 0 Å². The van der Waals surface area contributed by atoms with E-state index in [2.05, 4.69) is 0 Å². The third kappa shape index (κ3) is 2.09. The van der Waals surface area contributed by atoms with Crippen LogP contribution in [0.3, 0.4) is 0 Å². The molecule has 88 valence electrons. The van der Waals surface area contributed by atoms with Crippen LogP contribution in [0.15, 0.2) is 11.0 Å². The van der Waals surface area contributed by atoms with Crippen molar-refractivity contribution in [3.05, 3.63) is 28.3 Å². The number of rotatable bonds is 2. The monoisotopic (exact) mass is 242 g/mol. The van der Waals surface area contributed by atoms with Gasteiger partial charge in [0, 0.05) is 6.26 Å². The van der Waals surface area contributed by atoms with E-state index in [0.29, 0.717) is 16.7 Å². The van der Waals surface area contributed by atoms with Gasteiger partial charge in [-0.3, -0.25) is 0 Å². The summed E-state index contributed by atoms with van der Waals surface area (Å²) in [5, 5.41) is 8.98. The van der Waals surface area contributed by atoms with Crippen LogP contribution in [0.4, 0.5) is 0 Å². The van der Waals surface area contributed by atoms with Gasteiger partial charge >= 0.3 is 5.97 Å². The molecule has 1 rings (SSSR count). The molecular weight excluding hydrogens is 228 g/mol. The normalized spacial score (nSPS) is 11.5. The first-order valence-electron chi connectivity index (χ1n) is 4.70. The van der Waals surface area contributed by atoms with Crippen molar-refractivity contribution in [2.45, 2.75) is 25.7 Å². The molecule has 5 heteroatoms. The van der Waals surface area contributed by atoms with Crippen molar-refractivity contribution >= 4 is 15.8 Å². The Hall–Kier alpha value is -1.36. The lowest BCUT2D eigenvalue weighted by Gasteiger charge is -2.12. The molecule has 1 aromatic rings. The zero-order valence-corrected chi connectivity index (χ0v) is 10.5. The van der Waals surface area contributed by atoms with Crippen molar-refractivity contribution < 1.29 is 18.3 Å². The van der Waals surface area contributed by atoms with Crippen LogP contribution < -0.4 is 0 Å². The minimum atomic E-state index is -3.39. The highest BCUT2D eigenvalue weighted by Crippen LogP contribution is 2.25. The number of benzene rings is 1. The minimum absolute atomic E-state index is 0.0449. The van der Waals surface area contributed by atoms with Crippen molar-refractivity contribution in [1.82, 2.24) is 0 Å². The van der Waals surface area contributed by atoms with E-state index in [1.165, 1.54) is 6.07 Å². The number of carboxylic acid groups (broad SMARTS) is 1. The molecule has 16 heavy (non-hydrogen) atoms. The maximum Gasteiger partial charge on any atom is 0.336 e. The minimum Gasteiger partial charge on any atom is -0.478 e. The molecule has 0 aliphatic carbocycles. The Morgan fingerprint density at radius 1 is 1.12 bits per heavy atom. The van der Waals surface area contributed by atoms with Crippen molar-refractivity contribution in [3.8, 4) is 0 Å². The predicted molar refractivity (Wildman–Crippen MR) is 60.7 cm³/mol. The summed E-state index contributed by atoms with van der Waals surface area (Å²) < 4.78 is 23.0. The van der Waals surface area contributed by atoms with Gasteiger partial charge in [0.2, 0.25) is 0 Å². The van der Waals surface area contributed by atoms with Gasteiger partial charge in [0.15, 0.2) is 9.84 Å². The van der Waals surface area contributed by atoms with Gasteiger partial charge in [-0.15, -0.1) is 0 Å². The van der Waals surface area contributed by atoms with Crippen molar-refractivity contribution in [2.75, 3.05) is 6.26 Å². The zero-order valence-electron chi connectivity index (χ0n) is 9.66. The van der Waals surface area contributed by atoms with Crippen LogP contribution in [0.25, 0.3) is 0 Å². The van der Waals surface area contributed by atoms with Crippen molar-refractivity contribution in [3.63, 3.8) is 0 Å². The van der Waals surface area contributed by atoms with Crippen LogP contribution in [0.5, 0.6) is 0 Å². The highest BCUT2D eigenvalue weighted by Gasteiger charge is 2.19. The molecule has 0 radical (unpaired) electrons. The lowest BCUT2D eigenvalue weighted by molar-refractivity contribution is 0.0695. The van der Waals surface area contributed by atoms with Gasteiger partial charge in [0.1, 0.15) is 0 Å². The summed E-state index contributed by atoms with van der Waals surface area (Å²) in [4.78, 5) is 11.1. The van der Waals surface area contributed by atoms with Crippen LogP contribution in [-0.4, -0.2) is 25.7 Å². The first kappa shape index (κ1) is 12.7. The topological polar surface area (TPSA) is 71.4 Å². The number of hydrogen-bond donors (Lipinski definition) is 1. The van der Waals surface area contributed by atoms with E-state index < -0.39 is 15.8 Å². The number of carbonyl (C=O) groups is 1. The van der Waals surface area contributed by atoms with Gasteiger partial charge in [-0.25, -0.2) is 13.2 Å². The molecule has 0 atom stereocenters. The molecule has 1 N–H and O–H groups in total. The van der Waals surface area contributed by atoms with Crippen LogP contribution in [0, 0.1) is 20.8 Å². The van der Waals surface area contributed by atoms with E-state index in [-0.39, 0.29) is 10.5 Å². The molecule has 0 bridgehead atoms. The lowest BCUT2D eigenvalue weighted by Crippen LogP contribution is -2.09. The molecule has 0 spiro atoms. The number of aromatic carboxylic acids is 1.